The van der Waals surface area contributed by atoms with Crippen molar-refractivity contribution in [2.75, 3.05) is 25.6 Å². The SMILES string of the molecule is COc1ccc(CNC(=O)c2c(Cl)ccc(NC(=O)C(CO)OC(N)=O)c2OCC2CC2)cc1F. The Bertz CT molecular complexity index is 1110. The maximum atomic E-state index is 14.0. The van der Waals surface area contributed by atoms with Crippen LogP contribution in [0.3, 0.4) is 0 Å². The minimum atomic E-state index is -1.57. The number of amides is 3. The average molecular weight is 510 g/mol. The second-order valence-corrected chi connectivity index (χ2v) is 8.21. The van der Waals surface area contributed by atoms with Crippen LogP contribution >= 0.6 is 11.6 Å². The van der Waals surface area contributed by atoms with E-state index in [2.05, 4.69) is 15.4 Å². The lowest BCUT2D eigenvalue weighted by atomic mass is 10.1. The van der Waals surface area contributed by atoms with E-state index in [0.717, 1.165) is 12.8 Å². The first-order valence-electron chi connectivity index (χ1n) is 10.7. The number of ether oxygens (including phenoxy) is 3. The van der Waals surface area contributed by atoms with Crippen LogP contribution in [0.2, 0.25) is 5.02 Å². The minimum Gasteiger partial charge on any atom is -0.494 e. The molecule has 2 aromatic carbocycles. The Kier molecular flexibility index (Phi) is 8.72. The predicted molar refractivity (Wildman–Crippen MR) is 124 cm³/mol. The fraction of sp³-hybridized carbons (Fsp3) is 0.348. The molecule has 0 saturated heterocycles. The molecule has 0 bridgehead atoms. The van der Waals surface area contributed by atoms with E-state index in [-0.39, 0.29) is 40.9 Å². The summed E-state index contributed by atoms with van der Waals surface area (Å²) >= 11 is 6.31. The quantitative estimate of drug-likeness (QED) is 0.363. The number of aliphatic hydroxyl groups excluding tert-OH is 1. The van der Waals surface area contributed by atoms with Crippen molar-refractivity contribution >= 4 is 35.2 Å². The van der Waals surface area contributed by atoms with Gasteiger partial charge in [0.25, 0.3) is 11.8 Å². The van der Waals surface area contributed by atoms with E-state index in [1.165, 1.54) is 31.4 Å². The van der Waals surface area contributed by atoms with Crippen LogP contribution in [0.4, 0.5) is 14.9 Å². The molecule has 0 aliphatic heterocycles. The maximum absolute atomic E-state index is 14.0. The minimum absolute atomic E-state index is 0.00641. The van der Waals surface area contributed by atoms with E-state index in [0.29, 0.717) is 11.5 Å². The maximum Gasteiger partial charge on any atom is 0.405 e. The first-order chi connectivity index (χ1) is 16.7. The van der Waals surface area contributed by atoms with Gasteiger partial charge in [0.2, 0.25) is 6.10 Å². The van der Waals surface area contributed by atoms with Gasteiger partial charge >= 0.3 is 6.09 Å². The summed E-state index contributed by atoms with van der Waals surface area (Å²) in [7, 11) is 1.35. The molecule has 1 saturated carbocycles. The molecular weight excluding hydrogens is 485 g/mol. The Morgan fingerprint density at radius 3 is 2.60 bits per heavy atom. The number of hydrogen-bond acceptors (Lipinski definition) is 7. The number of nitrogens with two attached hydrogens (primary N) is 1. The van der Waals surface area contributed by atoms with E-state index in [9.17, 15) is 23.9 Å². The Hall–Kier alpha value is -3.57. The van der Waals surface area contributed by atoms with Gasteiger partial charge in [0, 0.05) is 6.54 Å². The van der Waals surface area contributed by atoms with Gasteiger partial charge < -0.3 is 35.7 Å². The first kappa shape index (κ1) is 26.0. The third-order valence-electron chi connectivity index (χ3n) is 5.14. The molecule has 3 amide bonds. The number of aliphatic hydroxyl groups is 1. The van der Waals surface area contributed by atoms with E-state index in [1.54, 1.807) is 6.07 Å². The lowest BCUT2D eigenvalue weighted by Gasteiger charge is -2.19. The zero-order valence-corrected chi connectivity index (χ0v) is 19.6. The fourth-order valence-corrected chi connectivity index (χ4v) is 3.36. The number of carbonyl (C=O) groups is 3. The van der Waals surface area contributed by atoms with Crippen LogP contribution in [0.25, 0.3) is 0 Å². The van der Waals surface area contributed by atoms with Crippen LogP contribution in [0, 0.1) is 11.7 Å². The van der Waals surface area contributed by atoms with Gasteiger partial charge in [-0.05, 0) is 48.6 Å². The number of hydrogen-bond donors (Lipinski definition) is 4. The van der Waals surface area contributed by atoms with Crippen molar-refractivity contribution in [1.82, 2.24) is 5.32 Å². The largest absolute Gasteiger partial charge is 0.494 e. The van der Waals surface area contributed by atoms with E-state index in [1.807, 2.05) is 0 Å². The molecule has 0 spiro atoms. The summed E-state index contributed by atoms with van der Waals surface area (Å²) in [6.07, 6.45) is -0.880. The molecule has 3 rings (SSSR count). The Morgan fingerprint density at radius 2 is 2.00 bits per heavy atom. The van der Waals surface area contributed by atoms with Crippen LogP contribution in [-0.2, 0) is 16.1 Å². The van der Waals surface area contributed by atoms with Crippen molar-refractivity contribution in [2.45, 2.75) is 25.5 Å². The van der Waals surface area contributed by atoms with Crippen molar-refractivity contribution in [1.29, 1.82) is 0 Å². The highest BCUT2D eigenvalue weighted by Gasteiger charge is 2.28. The third kappa shape index (κ3) is 6.96. The lowest BCUT2D eigenvalue weighted by Crippen LogP contribution is -2.37. The summed E-state index contributed by atoms with van der Waals surface area (Å²) in [5.41, 5.74) is 5.44. The second kappa shape index (κ2) is 11.7. The van der Waals surface area contributed by atoms with Gasteiger partial charge in [-0.25, -0.2) is 9.18 Å². The standard InChI is InChI=1S/C23H25ClFN3O7/c1-33-17-7-4-13(8-15(17)25)9-27-22(31)19-14(24)5-6-16(20(19)34-11-12-2-3-12)28-21(30)18(10-29)35-23(26)32/h4-8,12,18,29H,2-3,9-11H2,1H3,(H2,26,32)(H,27,31)(H,28,30). The number of benzene rings is 2. The highest BCUT2D eigenvalue weighted by molar-refractivity contribution is 6.34. The van der Waals surface area contributed by atoms with Gasteiger partial charge in [-0.15, -0.1) is 0 Å². The van der Waals surface area contributed by atoms with Gasteiger partial charge in [-0.3, -0.25) is 9.59 Å². The summed E-state index contributed by atoms with van der Waals surface area (Å²) in [5, 5.41) is 14.5. The molecule has 1 aliphatic carbocycles. The van der Waals surface area contributed by atoms with Gasteiger partial charge in [0.05, 0.1) is 31.0 Å². The average Bonchev–Trinajstić information content (AvgIpc) is 3.65. The summed E-state index contributed by atoms with van der Waals surface area (Å²) in [6, 6.07) is 7.06. The Morgan fingerprint density at radius 1 is 1.26 bits per heavy atom. The monoisotopic (exact) mass is 509 g/mol. The molecule has 5 N–H and O–H groups in total. The molecule has 10 nitrogen and oxygen atoms in total. The van der Waals surface area contributed by atoms with E-state index < -0.39 is 36.4 Å². The molecule has 0 aromatic heterocycles. The number of nitrogens with one attached hydrogen (secondary N) is 2. The molecule has 1 atom stereocenters. The number of carbonyl (C=O) groups excluding carboxylic acids is 3. The van der Waals surface area contributed by atoms with Crippen LogP contribution in [0.5, 0.6) is 11.5 Å². The van der Waals surface area contributed by atoms with Gasteiger partial charge in [-0.2, -0.15) is 0 Å². The molecule has 12 heteroatoms. The van der Waals surface area contributed by atoms with Gasteiger partial charge in [0.1, 0.15) is 5.56 Å². The fourth-order valence-electron chi connectivity index (χ4n) is 3.12. The molecule has 0 heterocycles. The number of primary amides is 1. The normalized spacial score (nSPS) is 13.5. The molecule has 0 radical (unpaired) electrons. The van der Waals surface area contributed by atoms with Crippen LogP contribution in [-0.4, -0.2) is 49.4 Å². The van der Waals surface area contributed by atoms with Gasteiger partial charge in [0.15, 0.2) is 17.3 Å². The second-order valence-electron chi connectivity index (χ2n) is 7.80. The summed E-state index contributed by atoms with van der Waals surface area (Å²) in [6.45, 7) is -0.547. The molecule has 35 heavy (non-hydrogen) atoms. The molecule has 2 aromatic rings. The lowest BCUT2D eigenvalue weighted by molar-refractivity contribution is -0.125. The summed E-state index contributed by atoms with van der Waals surface area (Å²) < 4.78 is 29.3. The van der Waals surface area contributed by atoms with Crippen molar-refractivity contribution in [3.8, 4) is 11.5 Å². The predicted octanol–water partition coefficient (Wildman–Crippen LogP) is 2.60. The molecule has 1 unspecified atom stereocenters. The number of anilines is 1. The Balaban J connectivity index is 1.84. The zero-order valence-electron chi connectivity index (χ0n) is 18.8. The third-order valence-corrected chi connectivity index (χ3v) is 5.45. The zero-order chi connectivity index (χ0) is 25.5. The van der Waals surface area contributed by atoms with Crippen molar-refractivity contribution < 1.29 is 38.1 Å². The number of rotatable bonds is 11. The van der Waals surface area contributed by atoms with Crippen molar-refractivity contribution in [3.05, 3.63) is 52.3 Å². The van der Waals surface area contributed by atoms with Crippen LogP contribution in [0.1, 0.15) is 28.8 Å². The first-order valence-corrected chi connectivity index (χ1v) is 11.0. The van der Waals surface area contributed by atoms with E-state index >= 15 is 0 Å². The van der Waals surface area contributed by atoms with Gasteiger partial charge in [-0.1, -0.05) is 17.7 Å². The molecule has 1 aliphatic rings. The highest BCUT2D eigenvalue weighted by atomic mass is 35.5. The van der Waals surface area contributed by atoms with Crippen LogP contribution in [0.15, 0.2) is 30.3 Å². The molecule has 188 valence electrons. The number of halogens is 2. The Labute approximate surface area is 205 Å². The summed E-state index contributed by atoms with van der Waals surface area (Å²) in [4.78, 5) is 36.6. The summed E-state index contributed by atoms with van der Waals surface area (Å²) in [5.74, 6) is -1.70. The van der Waals surface area contributed by atoms with E-state index in [4.69, 9.17) is 26.8 Å². The molecule has 1 fully saturated rings. The van der Waals surface area contributed by atoms with Crippen molar-refractivity contribution in [2.24, 2.45) is 11.7 Å². The topological polar surface area (TPSA) is 149 Å². The smallest absolute Gasteiger partial charge is 0.405 e. The van der Waals surface area contributed by atoms with Crippen molar-refractivity contribution in [3.63, 3.8) is 0 Å². The number of methoxy groups -OCH3 is 1. The van der Waals surface area contributed by atoms with Crippen LogP contribution < -0.4 is 25.8 Å². The highest BCUT2D eigenvalue weighted by Crippen LogP contribution is 2.37. The molecular formula is C23H25ClFN3O7.